The van der Waals surface area contributed by atoms with Crippen molar-refractivity contribution in [2.45, 2.75) is 27.2 Å². The van der Waals surface area contributed by atoms with Gasteiger partial charge in [0.05, 0.1) is 12.8 Å². The Morgan fingerprint density at radius 3 is 2.59 bits per heavy atom. The van der Waals surface area contributed by atoms with Gasteiger partial charge in [0.2, 0.25) is 0 Å². The van der Waals surface area contributed by atoms with Gasteiger partial charge in [-0.05, 0) is 31.4 Å². The van der Waals surface area contributed by atoms with Gasteiger partial charge in [-0.25, -0.2) is 9.97 Å². The zero-order valence-electron chi connectivity index (χ0n) is 13.7. The van der Waals surface area contributed by atoms with Crippen molar-refractivity contribution in [1.29, 1.82) is 0 Å². The second-order valence-electron chi connectivity index (χ2n) is 5.62. The van der Waals surface area contributed by atoms with Crippen LogP contribution in [0.5, 0.6) is 5.75 Å². The standard InChI is InChI=1S/C17H24N4O/c1-12(2)9-10-18-16-11-17(20-13(3)19-16)21-14-7-5-6-8-15(14)22-4/h5-8,11-12H,9-10H2,1-4H3,(H2,18,19,20,21). The Morgan fingerprint density at radius 1 is 1.14 bits per heavy atom. The molecule has 0 fully saturated rings. The van der Waals surface area contributed by atoms with E-state index in [-0.39, 0.29) is 0 Å². The average Bonchev–Trinajstić information content (AvgIpc) is 2.47. The highest BCUT2D eigenvalue weighted by Crippen LogP contribution is 2.26. The first-order chi connectivity index (χ1) is 10.6. The molecule has 2 N–H and O–H groups in total. The first-order valence-electron chi connectivity index (χ1n) is 7.58. The fraction of sp³-hybridized carbons (Fsp3) is 0.412. The van der Waals surface area contributed by atoms with E-state index >= 15 is 0 Å². The maximum absolute atomic E-state index is 5.35. The highest BCUT2D eigenvalue weighted by Gasteiger charge is 2.06. The van der Waals surface area contributed by atoms with E-state index in [2.05, 4.69) is 34.4 Å². The number of anilines is 3. The van der Waals surface area contributed by atoms with Crippen LogP contribution in [0.25, 0.3) is 0 Å². The molecule has 0 aliphatic heterocycles. The van der Waals surface area contributed by atoms with Gasteiger partial charge in [0.1, 0.15) is 23.2 Å². The number of benzene rings is 1. The number of para-hydroxylation sites is 2. The first kappa shape index (κ1) is 16.1. The Kier molecular flexibility index (Phi) is 5.58. The Bertz CT molecular complexity index is 613. The third-order valence-corrected chi connectivity index (χ3v) is 3.24. The van der Waals surface area contributed by atoms with Crippen LogP contribution in [-0.4, -0.2) is 23.6 Å². The molecule has 118 valence electrons. The number of methoxy groups -OCH3 is 1. The quantitative estimate of drug-likeness (QED) is 0.809. The molecule has 0 aliphatic rings. The topological polar surface area (TPSA) is 59.1 Å². The third-order valence-electron chi connectivity index (χ3n) is 3.24. The summed E-state index contributed by atoms with van der Waals surface area (Å²) in [5.74, 6) is 3.77. The van der Waals surface area contributed by atoms with Gasteiger partial charge in [0, 0.05) is 12.6 Å². The van der Waals surface area contributed by atoms with E-state index in [1.807, 2.05) is 37.3 Å². The molecule has 0 aliphatic carbocycles. The minimum absolute atomic E-state index is 0.668. The number of hydrogen-bond acceptors (Lipinski definition) is 5. The van der Waals surface area contributed by atoms with Crippen molar-refractivity contribution in [3.8, 4) is 5.75 Å². The van der Waals surface area contributed by atoms with Crippen LogP contribution in [-0.2, 0) is 0 Å². The molecule has 5 heteroatoms. The summed E-state index contributed by atoms with van der Waals surface area (Å²) in [6, 6.07) is 9.69. The summed E-state index contributed by atoms with van der Waals surface area (Å²) in [5.41, 5.74) is 0.885. The molecule has 1 aromatic carbocycles. The van der Waals surface area contributed by atoms with Crippen LogP contribution < -0.4 is 15.4 Å². The zero-order valence-corrected chi connectivity index (χ0v) is 13.7. The lowest BCUT2D eigenvalue weighted by molar-refractivity contribution is 0.417. The molecule has 0 saturated carbocycles. The van der Waals surface area contributed by atoms with Crippen LogP contribution in [0, 0.1) is 12.8 Å². The van der Waals surface area contributed by atoms with E-state index in [0.717, 1.165) is 41.9 Å². The number of nitrogens with one attached hydrogen (secondary N) is 2. The van der Waals surface area contributed by atoms with Gasteiger partial charge in [-0.3, -0.25) is 0 Å². The molecule has 0 radical (unpaired) electrons. The molecular formula is C17H24N4O. The number of nitrogens with zero attached hydrogens (tertiary/aromatic N) is 2. The van der Waals surface area contributed by atoms with E-state index in [9.17, 15) is 0 Å². The Balaban J connectivity index is 2.12. The van der Waals surface area contributed by atoms with Crippen LogP contribution in [0.15, 0.2) is 30.3 Å². The van der Waals surface area contributed by atoms with E-state index in [0.29, 0.717) is 5.92 Å². The smallest absolute Gasteiger partial charge is 0.142 e. The maximum Gasteiger partial charge on any atom is 0.142 e. The zero-order chi connectivity index (χ0) is 15.9. The molecule has 1 aromatic heterocycles. The highest BCUT2D eigenvalue weighted by atomic mass is 16.5. The molecule has 22 heavy (non-hydrogen) atoms. The van der Waals surface area contributed by atoms with Crippen molar-refractivity contribution in [3.05, 3.63) is 36.2 Å². The van der Waals surface area contributed by atoms with E-state index in [4.69, 9.17) is 4.74 Å². The lowest BCUT2D eigenvalue weighted by Crippen LogP contribution is -2.08. The summed E-state index contributed by atoms with van der Waals surface area (Å²) in [6.45, 7) is 7.21. The van der Waals surface area contributed by atoms with Gasteiger partial charge >= 0.3 is 0 Å². The molecule has 2 rings (SSSR count). The molecule has 0 unspecified atom stereocenters. The summed E-state index contributed by atoms with van der Waals surface area (Å²) >= 11 is 0. The average molecular weight is 300 g/mol. The Hall–Kier alpha value is -2.30. The number of hydrogen-bond donors (Lipinski definition) is 2. The molecule has 5 nitrogen and oxygen atoms in total. The predicted molar refractivity (Wildman–Crippen MR) is 91.0 cm³/mol. The lowest BCUT2D eigenvalue weighted by atomic mass is 10.1. The molecule has 0 saturated heterocycles. The second-order valence-corrected chi connectivity index (χ2v) is 5.62. The molecule has 0 atom stereocenters. The SMILES string of the molecule is COc1ccccc1Nc1cc(NCCC(C)C)nc(C)n1. The molecular weight excluding hydrogens is 276 g/mol. The van der Waals surface area contributed by atoms with Crippen LogP contribution in [0.1, 0.15) is 26.1 Å². The van der Waals surface area contributed by atoms with Crippen molar-refractivity contribution < 1.29 is 4.74 Å². The number of aryl methyl sites for hydroxylation is 1. The highest BCUT2D eigenvalue weighted by molar-refractivity contribution is 5.65. The van der Waals surface area contributed by atoms with Crippen molar-refractivity contribution >= 4 is 17.3 Å². The van der Waals surface area contributed by atoms with Crippen LogP contribution in [0.3, 0.4) is 0 Å². The van der Waals surface area contributed by atoms with E-state index in [1.165, 1.54) is 0 Å². The van der Waals surface area contributed by atoms with Crippen LogP contribution in [0.2, 0.25) is 0 Å². The largest absolute Gasteiger partial charge is 0.495 e. The fourth-order valence-electron chi connectivity index (χ4n) is 2.10. The summed E-state index contributed by atoms with van der Waals surface area (Å²) in [4.78, 5) is 8.85. The van der Waals surface area contributed by atoms with Gasteiger partial charge in [0.15, 0.2) is 0 Å². The van der Waals surface area contributed by atoms with Crippen molar-refractivity contribution in [1.82, 2.24) is 9.97 Å². The van der Waals surface area contributed by atoms with Gasteiger partial charge in [0.25, 0.3) is 0 Å². The van der Waals surface area contributed by atoms with E-state index in [1.54, 1.807) is 7.11 Å². The van der Waals surface area contributed by atoms with E-state index < -0.39 is 0 Å². The van der Waals surface area contributed by atoms with Crippen molar-refractivity contribution in [3.63, 3.8) is 0 Å². The van der Waals surface area contributed by atoms with Gasteiger partial charge in [-0.2, -0.15) is 0 Å². The number of rotatable bonds is 7. The first-order valence-corrected chi connectivity index (χ1v) is 7.58. The van der Waals surface area contributed by atoms with Gasteiger partial charge in [-0.1, -0.05) is 26.0 Å². The molecule has 0 spiro atoms. The minimum Gasteiger partial charge on any atom is -0.495 e. The minimum atomic E-state index is 0.668. The molecule has 2 aromatic rings. The number of aromatic nitrogens is 2. The fourth-order valence-corrected chi connectivity index (χ4v) is 2.10. The Morgan fingerprint density at radius 2 is 1.86 bits per heavy atom. The molecule has 0 amide bonds. The molecule has 1 heterocycles. The Labute approximate surface area is 132 Å². The third kappa shape index (κ3) is 4.62. The molecule has 0 bridgehead atoms. The van der Waals surface area contributed by atoms with Crippen molar-refractivity contribution in [2.24, 2.45) is 5.92 Å². The second kappa shape index (κ2) is 7.64. The van der Waals surface area contributed by atoms with Gasteiger partial charge in [-0.15, -0.1) is 0 Å². The summed E-state index contributed by atoms with van der Waals surface area (Å²) in [5, 5.41) is 6.64. The normalized spacial score (nSPS) is 10.6. The summed E-state index contributed by atoms with van der Waals surface area (Å²) in [7, 11) is 1.66. The monoisotopic (exact) mass is 300 g/mol. The summed E-state index contributed by atoms with van der Waals surface area (Å²) < 4.78 is 5.35. The maximum atomic E-state index is 5.35. The predicted octanol–water partition coefficient (Wildman–Crippen LogP) is 4.00. The summed E-state index contributed by atoms with van der Waals surface area (Å²) in [6.07, 6.45) is 1.11. The van der Waals surface area contributed by atoms with Gasteiger partial charge < -0.3 is 15.4 Å². The van der Waals surface area contributed by atoms with Crippen molar-refractivity contribution in [2.75, 3.05) is 24.3 Å². The van der Waals surface area contributed by atoms with Crippen LogP contribution >= 0.6 is 0 Å². The van der Waals surface area contributed by atoms with Crippen LogP contribution in [0.4, 0.5) is 17.3 Å². The number of ether oxygens (including phenoxy) is 1. The lowest BCUT2D eigenvalue weighted by Gasteiger charge is -2.13.